The first-order valence-electron chi connectivity index (χ1n) is 5.77. The van der Waals surface area contributed by atoms with Gasteiger partial charge in [-0.25, -0.2) is 8.42 Å². The molecule has 98 valence electrons. The summed E-state index contributed by atoms with van der Waals surface area (Å²) in [4.78, 5) is 0. The second-order valence-electron chi connectivity index (χ2n) is 5.12. The normalized spacial score (nSPS) is 15.1. The number of hydrogen-bond donors (Lipinski definition) is 2. The van der Waals surface area contributed by atoms with Gasteiger partial charge >= 0.3 is 0 Å². The molecule has 0 saturated carbocycles. The number of aliphatic hydroxyl groups excluding tert-OH is 1. The summed E-state index contributed by atoms with van der Waals surface area (Å²) < 4.78 is 22.6. The van der Waals surface area contributed by atoms with Crippen LogP contribution in [0.5, 0.6) is 0 Å². The lowest BCUT2D eigenvalue weighted by atomic mass is 9.85. The van der Waals surface area contributed by atoms with Crippen molar-refractivity contribution < 1.29 is 13.5 Å². The highest BCUT2D eigenvalue weighted by Crippen LogP contribution is 2.21. The van der Waals surface area contributed by atoms with E-state index < -0.39 is 9.84 Å². The van der Waals surface area contributed by atoms with Crippen LogP contribution in [0.3, 0.4) is 0 Å². The lowest BCUT2D eigenvalue weighted by Gasteiger charge is -2.31. The third-order valence-electron chi connectivity index (χ3n) is 2.71. The smallest absolute Gasteiger partial charge is 0.151 e. The summed E-state index contributed by atoms with van der Waals surface area (Å²) in [6.07, 6.45) is 0.648. The van der Waals surface area contributed by atoms with E-state index >= 15 is 0 Å². The Bertz CT molecular complexity index is 280. The van der Waals surface area contributed by atoms with Crippen LogP contribution in [0, 0.1) is 5.41 Å². The van der Waals surface area contributed by atoms with E-state index in [1.807, 2.05) is 0 Å². The van der Waals surface area contributed by atoms with Gasteiger partial charge < -0.3 is 10.4 Å². The maximum absolute atomic E-state index is 11.3. The van der Waals surface area contributed by atoms with Gasteiger partial charge in [-0.3, -0.25) is 0 Å². The van der Waals surface area contributed by atoms with E-state index in [0.29, 0.717) is 13.0 Å². The summed E-state index contributed by atoms with van der Waals surface area (Å²) >= 11 is 0. The molecule has 16 heavy (non-hydrogen) atoms. The highest BCUT2D eigenvalue weighted by molar-refractivity contribution is 7.91. The second kappa shape index (κ2) is 6.57. The minimum atomic E-state index is -2.90. The van der Waals surface area contributed by atoms with Crippen molar-refractivity contribution >= 4 is 9.84 Å². The third kappa shape index (κ3) is 6.45. The fraction of sp³-hybridized carbons (Fsp3) is 1.00. The summed E-state index contributed by atoms with van der Waals surface area (Å²) in [5.41, 5.74) is 0.0265. The quantitative estimate of drug-likeness (QED) is 0.702. The third-order valence-corrected chi connectivity index (χ3v) is 4.41. The van der Waals surface area contributed by atoms with Gasteiger partial charge in [-0.1, -0.05) is 27.7 Å². The van der Waals surface area contributed by atoms with E-state index in [9.17, 15) is 8.42 Å². The van der Waals surface area contributed by atoms with Gasteiger partial charge in [-0.15, -0.1) is 0 Å². The maximum atomic E-state index is 11.3. The van der Waals surface area contributed by atoms with Crippen LogP contribution in [0.2, 0.25) is 0 Å². The van der Waals surface area contributed by atoms with Gasteiger partial charge in [0.1, 0.15) is 0 Å². The van der Waals surface area contributed by atoms with Crippen LogP contribution < -0.4 is 5.32 Å². The van der Waals surface area contributed by atoms with Gasteiger partial charge in [0.2, 0.25) is 0 Å². The van der Waals surface area contributed by atoms with Crippen molar-refractivity contribution in [1.82, 2.24) is 5.32 Å². The van der Waals surface area contributed by atoms with Gasteiger partial charge in [0, 0.05) is 24.9 Å². The summed E-state index contributed by atoms with van der Waals surface area (Å²) in [6, 6.07) is 0.143. The van der Waals surface area contributed by atoms with Crippen LogP contribution in [0.1, 0.15) is 34.1 Å². The molecule has 5 heteroatoms. The molecule has 1 atom stereocenters. The summed E-state index contributed by atoms with van der Waals surface area (Å²) in [7, 11) is -2.90. The minimum Gasteiger partial charge on any atom is -0.396 e. The molecule has 0 aliphatic carbocycles. The molecule has 0 spiro atoms. The molecule has 1 unspecified atom stereocenters. The van der Waals surface area contributed by atoms with Crippen molar-refractivity contribution in [3.05, 3.63) is 0 Å². The van der Waals surface area contributed by atoms with Crippen molar-refractivity contribution in [3.63, 3.8) is 0 Å². The molecule has 0 aromatic heterocycles. The molecule has 0 aliphatic rings. The SMILES string of the molecule is CCS(=O)(=O)CCNC(CCO)C(C)(C)C. The molecule has 0 heterocycles. The lowest BCUT2D eigenvalue weighted by Crippen LogP contribution is -2.43. The minimum absolute atomic E-state index is 0.0265. The molecule has 4 nitrogen and oxygen atoms in total. The standard InChI is InChI=1S/C11H25NO3S/c1-5-16(14,15)9-7-12-10(6-8-13)11(2,3)4/h10,12-13H,5-9H2,1-4H3. The average molecular weight is 251 g/mol. The van der Waals surface area contributed by atoms with Gasteiger partial charge in [0.15, 0.2) is 9.84 Å². The van der Waals surface area contributed by atoms with Crippen LogP contribution in [0.25, 0.3) is 0 Å². The van der Waals surface area contributed by atoms with Crippen molar-refractivity contribution in [1.29, 1.82) is 0 Å². The Morgan fingerprint density at radius 3 is 2.25 bits per heavy atom. The summed E-state index contributed by atoms with van der Waals surface area (Å²) in [5, 5.41) is 12.2. The topological polar surface area (TPSA) is 66.4 Å². The van der Waals surface area contributed by atoms with E-state index in [-0.39, 0.29) is 29.6 Å². The summed E-state index contributed by atoms with van der Waals surface area (Å²) in [5.74, 6) is 0.358. The van der Waals surface area contributed by atoms with Crippen molar-refractivity contribution in [2.24, 2.45) is 5.41 Å². The van der Waals surface area contributed by atoms with Crippen LogP contribution in [0.4, 0.5) is 0 Å². The van der Waals surface area contributed by atoms with E-state index in [0.717, 1.165) is 0 Å². The predicted molar refractivity (Wildman–Crippen MR) is 67.3 cm³/mol. The monoisotopic (exact) mass is 251 g/mol. The van der Waals surface area contributed by atoms with Crippen LogP contribution >= 0.6 is 0 Å². The highest BCUT2D eigenvalue weighted by atomic mass is 32.2. The van der Waals surface area contributed by atoms with E-state index in [1.165, 1.54) is 0 Å². The van der Waals surface area contributed by atoms with Gasteiger partial charge in [-0.2, -0.15) is 0 Å². The lowest BCUT2D eigenvalue weighted by molar-refractivity contribution is 0.200. The highest BCUT2D eigenvalue weighted by Gasteiger charge is 2.23. The second-order valence-corrected chi connectivity index (χ2v) is 7.59. The van der Waals surface area contributed by atoms with E-state index in [4.69, 9.17) is 5.11 Å². The number of sulfone groups is 1. The Labute approximate surface area is 99.4 Å². The Morgan fingerprint density at radius 2 is 1.88 bits per heavy atom. The maximum Gasteiger partial charge on any atom is 0.151 e. The van der Waals surface area contributed by atoms with E-state index in [1.54, 1.807) is 6.92 Å². The molecule has 0 aliphatic heterocycles. The molecule has 0 aromatic rings. The Balaban J connectivity index is 4.14. The summed E-state index contributed by atoms with van der Waals surface area (Å²) in [6.45, 7) is 8.47. The van der Waals surface area contributed by atoms with Gasteiger partial charge in [0.25, 0.3) is 0 Å². The van der Waals surface area contributed by atoms with Crippen LogP contribution in [0.15, 0.2) is 0 Å². The molecule has 0 fully saturated rings. The first-order chi connectivity index (χ1) is 7.23. The fourth-order valence-electron chi connectivity index (χ4n) is 1.50. The number of hydrogen-bond acceptors (Lipinski definition) is 4. The fourth-order valence-corrected chi connectivity index (χ4v) is 2.22. The van der Waals surface area contributed by atoms with Crippen LogP contribution in [-0.4, -0.2) is 44.2 Å². The first-order valence-corrected chi connectivity index (χ1v) is 7.59. The molecule has 0 radical (unpaired) electrons. The number of nitrogens with one attached hydrogen (secondary N) is 1. The first kappa shape index (κ1) is 15.9. The zero-order valence-electron chi connectivity index (χ0n) is 10.8. The predicted octanol–water partition coefficient (Wildman–Crippen LogP) is 0.808. The molecular formula is C11H25NO3S. The molecular weight excluding hydrogens is 226 g/mol. The molecule has 0 rings (SSSR count). The van der Waals surface area contributed by atoms with E-state index in [2.05, 4.69) is 26.1 Å². The molecule has 0 bridgehead atoms. The Kier molecular flexibility index (Phi) is 6.51. The average Bonchev–Trinajstić information content (AvgIpc) is 2.15. The zero-order valence-corrected chi connectivity index (χ0v) is 11.6. The van der Waals surface area contributed by atoms with Gasteiger partial charge in [0.05, 0.1) is 5.75 Å². The molecule has 0 amide bonds. The number of rotatable bonds is 7. The van der Waals surface area contributed by atoms with Gasteiger partial charge in [-0.05, 0) is 11.8 Å². The zero-order chi connectivity index (χ0) is 12.8. The Morgan fingerprint density at radius 1 is 1.31 bits per heavy atom. The molecule has 0 saturated heterocycles. The largest absolute Gasteiger partial charge is 0.396 e. The molecule has 2 N–H and O–H groups in total. The molecule has 0 aromatic carbocycles. The van der Waals surface area contributed by atoms with Crippen molar-refractivity contribution in [2.45, 2.75) is 40.2 Å². The Hall–Kier alpha value is -0.130. The van der Waals surface area contributed by atoms with Crippen molar-refractivity contribution in [3.8, 4) is 0 Å². The van der Waals surface area contributed by atoms with Crippen molar-refractivity contribution in [2.75, 3.05) is 24.7 Å². The van der Waals surface area contributed by atoms with Crippen LogP contribution in [-0.2, 0) is 9.84 Å². The number of aliphatic hydroxyl groups is 1.